The Morgan fingerprint density at radius 3 is 2.43 bits per heavy atom. The Bertz CT molecular complexity index is 958. The van der Waals surface area contributed by atoms with Gasteiger partial charge >= 0.3 is 0 Å². The lowest BCUT2D eigenvalue weighted by Crippen LogP contribution is -2.46. The summed E-state index contributed by atoms with van der Waals surface area (Å²) >= 11 is 1.77. The third-order valence-electron chi connectivity index (χ3n) is 6.02. The van der Waals surface area contributed by atoms with Crippen molar-refractivity contribution < 1.29 is 13.2 Å². The maximum Gasteiger partial charge on any atom is 0.243 e. The molecule has 0 radical (unpaired) electrons. The van der Waals surface area contributed by atoms with Crippen LogP contribution in [0.5, 0.6) is 0 Å². The van der Waals surface area contributed by atoms with Gasteiger partial charge in [0.2, 0.25) is 15.9 Å². The molecule has 1 fully saturated rings. The lowest BCUT2D eigenvalue weighted by Gasteiger charge is -2.38. The summed E-state index contributed by atoms with van der Waals surface area (Å²) in [6, 6.07) is 9.20. The fourth-order valence-electron chi connectivity index (χ4n) is 4.25. The van der Waals surface area contributed by atoms with Gasteiger partial charge in [0.25, 0.3) is 0 Å². The van der Waals surface area contributed by atoms with Crippen molar-refractivity contribution in [3.63, 3.8) is 0 Å². The molecule has 7 heteroatoms. The molecule has 0 spiro atoms. The van der Waals surface area contributed by atoms with Crippen LogP contribution in [-0.4, -0.2) is 43.2 Å². The monoisotopic (exact) mass is 418 g/mol. The number of piperidine rings is 1. The SMILES string of the molecule is Cc1ccc(S(=O)(=O)N2CCC(C(=O)N3CCc4sccc4C3C)CC2)cc1. The van der Waals surface area contributed by atoms with E-state index in [4.69, 9.17) is 0 Å². The quantitative estimate of drug-likeness (QED) is 0.765. The normalized spacial score (nSPS) is 21.5. The highest BCUT2D eigenvalue weighted by molar-refractivity contribution is 7.89. The van der Waals surface area contributed by atoms with Crippen molar-refractivity contribution in [2.75, 3.05) is 19.6 Å². The molecule has 1 atom stereocenters. The van der Waals surface area contributed by atoms with Crippen LogP contribution in [0, 0.1) is 12.8 Å². The van der Waals surface area contributed by atoms with Crippen LogP contribution in [0.4, 0.5) is 0 Å². The molecule has 1 saturated heterocycles. The van der Waals surface area contributed by atoms with Crippen LogP contribution < -0.4 is 0 Å². The minimum Gasteiger partial charge on any atom is -0.335 e. The van der Waals surface area contributed by atoms with Crippen LogP contribution in [0.1, 0.15) is 41.8 Å². The number of fused-ring (bicyclic) bond motifs is 1. The van der Waals surface area contributed by atoms with Crippen molar-refractivity contribution in [2.45, 2.75) is 44.0 Å². The fraction of sp³-hybridized carbons (Fsp3) is 0.476. The van der Waals surface area contributed by atoms with Gasteiger partial charge in [0.1, 0.15) is 0 Å². The maximum absolute atomic E-state index is 13.1. The number of amides is 1. The molecule has 28 heavy (non-hydrogen) atoms. The molecule has 4 rings (SSSR count). The van der Waals surface area contributed by atoms with E-state index in [1.54, 1.807) is 23.5 Å². The van der Waals surface area contributed by atoms with Crippen LogP contribution in [0.3, 0.4) is 0 Å². The van der Waals surface area contributed by atoms with Gasteiger partial charge in [0.15, 0.2) is 0 Å². The van der Waals surface area contributed by atoms with Gasteiger partial charge in [-0.05, 0) is 62.3 Å². The molecule has 0 N–H and O–H groups in total. The Kier molecular flexibility index (Phi) is 5.33. The van der Waals surface area contributed by atoms with Gasteiger partial charge in [-0.2, -0.15) is 4.31 Å². The number of nitrogens with zero attached hydrogens (tertiary/aromatic N) is 2. The molecule has 5 nitrogen and oxygen atoms in total. The number of aryl methyl sites for hydroxylation is 1. The molecule has 0 aliphatic carbocycles. The zero-order valence-electron chi connectivity index (χ0n) is 16.3. The fourth-order valence-corrected chi connectivity index (χ4v) is 6.68. The molecule has 3 heterocycles. The average molecular weight is 419 g/mol. The minimum absolute atomic E-state index is 0.0906. The minimum atomic E-state index is -3.49. The smallest absolute Gasteiger partial charge is 0.243 e. The first-order valence-electron chi connectivity index (χ1n) is 9.81. The number of thiophene rings is 1. The predicted molar refractivity (Wildman–Crippen MR) is 111 cm³/mol. The Labute approximate surface area is 171 Å². The second-order valence-corrected chi connectivity index (χ2v) is 10.7. The molecular formula is C21H26N2O3S2. The van der Waals surface area contributed by atoms with Crippen molar-refractivity contribution in [1.82, 2.24) is 9.21 Å². The number of benzene rings is 1. The van der Waals surface area contributed by atoms with E-state index in [1.165, 1.54) is 14.7 Å². The van der Waals surface area contributed by atoms with Crippen LogP contribution in [0.15, 0.2) is 40.6 Å². The second kappa shape index (κ2) is 7.61. The van der Waals surface area contributed by atoms with Crippen LogP contribution in [-0.2, 0) is 21.2 Å². The van der Waals surface area contributed by atoms with Gasteiger partial charge in [0, 0.05) is 30.4 Å². The lowest BCUT2D eigenvalue weighted by atomic mass is 9.93. The highest BCUT2D eigenvalue weighted by Gasteiger charge is 2.36. The van der Waals surface area contributed by atoms with Gasteiger partial charge in [-0.3, -0.25) is 4.79 Å². The molecule has 0 bridgehead atoms. The molecule has 150 valence electrons. The summed E-state index contributed by atoms with van der Waals surface area (Å²) in [4.78, 5) is 16.8. The molecule has 1 unspecified atom stereocenters. The van der Waals surface area contributed by atoms with E-state index < -0.39 is 10.0 Å². The zero-order valence-corrected chi connectivity index (χ0v) is 17.9. The second-order valence-electron chi connectivity index (χ2n) is 7.75. The molecule has 2 aliphatic heterocycles. The van der Waals surface area contributed by atoms with Crippen LogP contribution >= 0.6 is 11.3 Å². The summed E-state index contributed by atoms with van der Waals surface area (Å²) in [6.45, 7) is 5.60. The first kappa shape index (κ1) is 19.6. The number of rotatable bonds is 3. The van der Waals surface area contributed by atoms with E-state index in [0.29, 0.717) is 30.8 Å². The van der Waals surface area contributed by atoms with Crippen molar-refractivity contribution in [2.24, 2.45) is 5.92 Å². The van der Waals surface area contributed by atoms with Gasteiger partial charge < -0.3 is 4.90 Å². The van der Waals surface area contributed by atoms with E-state index in [-0.39, 0.29) is 17.9 Å². The zero-order chi connectivity index (χ0) is 19.9. The maximum atomic E-state index is 13.1. The third-order valence-corrected chi connectivity index (χ3v) is 8.93. The largest absolute Gasteiger partial charge is 0.335 e. The van der Waals surface area contributed by atoms with Gasteiger partial charge in [0.05, 0.1) is 10.9 Å². The Morgan fingerprint density at radius 1 is 1.07 bits per heavy atom. The Balaban J connectivity index is 1.41. The van der Waals surface area contributed by atoms with Crippen molar-refractivity contribution in [1.29, 1.82) is 0 Å². The molecule has 2 aromatic rings. The first-order valence-corrected chi connectivity index (χ1v) is 12.1. The summed E-state index contributed by atoms with van der Waals surface area (Å²) in [7, 11) is -3.49. The van der Waals surface area contributed by atoms with E-state index in [2.05, 4.69) is 18.4 Å². The highest BCUT2D eigenvalue weighted by Crippen LogP contribution is 2.35. The molecular weight excluding hydrogens is 392 g/mol. The number of carbonyl (C=O) groups is 1. The first-order chi connectivity index (χ1) is 13.4. The number of hydrogen-bond acceptors (Lipinski definition) is 4. The molecule has 2 aliphatic rings. The summed E-state index contributed by atoms with van der Waals surface area (Å²) < 4.78 is 27.3. The van der Waals surface area contributed by atoms with E-state index >= 15 is 0 Å². The Hall–Kier alpha value is -1.70. The number of sulfonamides is 1. The van der Waals surface area contributed by atoms with Crippen LogP contribution in [0.25, 0.3) is 0 Å². The molecule has 0 saturated carbocycles. The van der Waals surface area contributed by atoms with Crippen molar-refractivity contribution in [3.05, 3.63) is 51.7 Å². The molecule has 1 amide bonds. The highest BCUT2D eigenvalue weighted by atomic mass is 32.2. The van der Waals surface area contributed by atoms with Crippen molar-refractivity contribution >= 4 is 27.3 Å². The number of hydrogen-bond donors (Lipinski definition) is 0. The third kappa shape index (κ3) is 3.51. The van der Waals surface area contributed by atoms with Gasteiger partial charge in [-0.25, -0.2) is 8.42 Å². The number of carbonyl (C=O) groups excluding carboxylic acids is 1. The van der Waals surface area contributed by atoms with E-state index in [0.717, 1.165) is 18.5 Å². The summed E-state index contributed by atoms with van der Waals surface area (Å²) in [5.74, 6) is 0.0869. The van der Waals surface area contributed by atoms with E-state index in [1.807, 2.05) is 24.0 Å². The van der Waals surface area contributed by atoms with E-state index in [9.17, 15) is 13.2 Å². The van der Waals surface area contributed by atoms with Gasteiger partial charge in [-0.1, -0.05) is 17.7 Å². The summed E-state index contributed by atoms with van der Waals surface area (Å²) in [5.41, 5.74) is 2.30. The predicted octanol–water partition coefficient (Wildman–Crippen LogP) is 3.60. The van der Waals surface area contributed by atoms with Crippen LogP contribution in [0.2, 0.25) is 0 Å². The molecule has 1 aromatic heterocycles. The lowest BCUT2D eigenvalue weighted by molar-refractivity contribution is -0.139. The van der Waals surface area contributed by atoms with Gasteiger partial charge in [-0.15, -0.1) is 11.3 Å². The summed E-state index contributed by atoms with van der Waals surface area (Å²) in [6.07, 6.45) is 2.09. The molecule has 1 aromatic carbocycles. The topological polar surface area (TPSA) is 57.7 Å². The standard InChI is InChI=1S/C21H26N2O3S2/c1-15-3-5-18(6-4-15)28(25,26)22-11-7-17(8-12-22)21(24)23-13-9-20-19(16(23)2)10-14-27-20/h3-6,10,14,16-17H,7-9,11-13H2,1-2H3. The van der Waals surface area contributed by atoms with Crippen molar-refractivity contribution in [3.8, 4) is 0 Å². The Morgan fingerprint density at radius 2 is 1.75 bits per heavy atom. The average Bonchev–Trinajstić information content (AvgIpc) is 3.18. The summed E-state index contributed by atoms with van der Waals surface area (Å²) in [5, 5.41) is 2.10.